The normalized spacial score (nSPS) is 23.2. The number of likely N-dealkylation sites (N-methyl/N-ethyl adjacent to an activating group) is 1. The van der Waals surface area contributed by atoms with Crippen LogP contribution in [0.3, 0.4) is 0 Å². The zero-order valence-electron chi connectivity index (χ0n) is 15.5. The molecular formula is C22H26N2O2. The lowest BCUT2D eigenvalue weighted by atomic mass is 9.95. The molecule has 0 aromatic heterocycles. The van der Waals surface area contributed by atoms with Crippen molar-refractivity contribution in [2.75, 3.05) is 27.2 Å². The van der Waals surface area contributed by atoms with Gasteiger partial charge < -0.3 is 9.64 Å². The Labute approximate surface area is 155 Å². The predicted molar refractivity (Wildman–Crippen MR) is 103 cm³/mol. The topological polar surface area (TPSA) is 32.8 Å². The van der Waals surface area contributed by atoms with Crippen molar-refractivity contribution >= 4 is 5.91 Å². The van der Waals surface area contributed by atoms with Crippen LogP contribution in [0.2, 0.25) is 0 Å². The summed E-state index contributed by atoms with van der Waals surface area (Å²) >= 11 is 0. The Balaban J connectivity index is 1.53. The molecule has 2 atom stereocenters. The standard InChI is InChI=1S/C22H26N2O2/c1-23-20-10-9-19(22(23)25)14-24(15-20)13-16-5-3-6-17(11-16)18-7-4-8-21(12-18)26-2/h3-8,11-12,19-20H,9-10,13-15H2,1-2H3/t19-,20+/m0/s1. The molecule has 3 saturated heterocycles. The van der Waals surface area contributed by atoms with Crippen molar-refractivity contribution in [1.82, 2.24) is 9.80 Å². The summed E-state index contributed by atoms with van der Waals surface area (Å²) in [5.74, 6) is 1.37. The fourth-order valence-electron chi connectivity index (χ4n) is 4.29. The molecule has 0 aliphatic carbocycles. The minimum atomic E-state index is 0.167. The third-order valence-corrected chi connectivity index (χ3v) is 5.78. The van der Waals surface area contributed by atoms with Crippen LogP contribution in [0.4, 0.5) is 0 Å². The zero-order chi connectivity index (χ0) is 18.1. The summed E-state index contributed by atoms with van der Waals surface area (Å²) in [6.45, 7) is 2.75. The fourth-order valence-corrected chi connectivity index (χ4v) is 4.29. The first kappa shape index (κ1) is 17.1. The third-order valence-electron chi connectivity index (χ3n) is 5.78. The SMILES string of the molecule is COc1cccc(-c2cccc(CN3C[C@@H]4CC[C@H](C3)N(C)C4=O)c2)c1. The van der Waals surface area contributed by atoms with E-state index >= 15 is 0 Å². The van der Waals surface area contributed by atoms with Crippen molar-refractivity contribution in [3.8, 4) is 16.9 Å². The number of carbonyl (C=O) groups excluding carboxylic acids is 1. The number of hydrogen-bond donors (Lipinski definition) is 0. The van der Waals surface area contributed by atoms with E-state index in [1.54, 1.807) is 7.11 Å². The van der Waals surface area contributed by atoms with Crippen LogP contribution < -0.4 is 4.74 Å². The van der Waals surface area contributed by atoms with Gasteiger partial charge in [0.25, 0.3) is 0 Å². The summed E-state index contributed by atoms with van der Waals surface area (Å²) in [5.41, 5.74) is 3.66. The van der Waals surface area contributed by atoms with Crippen molar-refractivity contribution in [2.45, 2.75) is 25.4 Å². The Bertz CT molecular complexity index is 804. The van der Waals surface area contributed by atoms with Crippen LogP contribution in [0.1, 0.15) is 18.4 Å². The van der Waals surface area contributed by atoms with E-state index in [0.717, 1.165) is 43.8 Å². The highest BCUT2D eigenvalue weighted by atomic mass is 16.5. The molecule has 1 amide bonds. The maximum atomic E-state index is 12.4. The lowest BCUT2D eigenvalue weighted by molar-refractivity contribution is -0.138. The first-order chi connectivity index (χ1) is 12.6. The highest BCUT2D eigenvalue weighted by Crippen LogP contribution is 2.29. The summed E-state index contributed by atoms with van der Waals surface area (Å²) < 4.78 is 5.35. The van der Waals surface area contributed by atoms with Gasteiger partial charge in [0.15, 0.2) is 0 Å². The van der Waals surface area contributed by atoms with Gasteiger partial charge in [-0.15, -0.1) is 0 Å². The van der Waals surface area contributed by atoms with Gasteiger partial charge in [-0.25, -0.2) is 0 Å². The van der Waals surface area contributed by atoms with Gasteiger partial charge in [-0.2, -0.15) is 0 Å². The number of fused-ring (bicyclic) bond motifs is 4. The molecule has 2 bridgehead atoms. The fraction of sp³-hybridized carbons (Fsp3) is 0.409. The average molecular weight is 350 g/mol. The van der Waals surface area contributed by atoms with Crippen LogP contribution in [-0.2, 0) is 11.3 Å². The first-order valence-corrected chi connectivity index (χ1v) is 9.36. The lowest BCUT2D eigenvalue weighted by Gasteiger charge is -2.32. The number of amides is 1. The van der Waals surface area contributed by atoms with Crippen molar-refractivity contribution in [3.63, 3.8) is 0 Å². The van der Waals surface area contributed by atoms with E-state index in [-0.39, 0.29) is 5.92 Å². The summed E-state index contributed by atoms with van der Waals surface area (Å²) in [4.78, 5) is 16.8. The predicted octanol–water partition coefficient (Wildman–Crippen LogP) is 3.41. The Morgan fingerprint density at radius 1 is 1.04 bits per heavy atom. The number of nitrogens with zero attached hydrogens (tertiary/aromatic N) is 2. The Kier molecular flexibility index (Phi) is 4.68. The van der Waals surface area contributed by atoms with Gasteiger partial charge in [0.1, 0.15) is 5.75 Å². The van der Waals surface area contributed by atoms with Gasteiger partial charge in [0, 0.05) is 32.7 Å². The smallest absolute Gasteiger partial charge is 0.227 e. The van der Waals surface area contributed by atoms with Gasteiger partial charge in [-0.05, 0) is 47.7 Å². The van der Waals surface area contributed by atoms with E-state index in [4.69, 9.17) is 4.74 Å². The number of benzene rings is 2. The van der Waals surface area contributed by atoms with Crippen LogP contribution in [0, 0.1) is 5.92 Å². The lowest BCUT2D eigenvalue weighted by Crippen LogP contribution is -2.45. The second-order valence-electron chi connectivity index (χ2n) is 7.50. The Morgan fingerprint density at radius 3 is 2.62 bits per heavy atom. The zero-order valence-corrected chi connectivity index (χ0v) is 15.5. The Morgan fingerprint density at radius 2 is 1.81 bits per heavy atom. The van der Waals surface area contributed by atoms with E-state index in [9.17, 15) is 4.79 Å². The summed E-state index contributed by atoms with van der Waals surface area (Å²) in [5, 5.41) is 0. The van der Waals surface area contributed by atoms with Crippen LogP contribution in [0.15, 0.2) is 48.5 Å². The van der Waals surface area contributed by atoms with Crippen molar-refractivity contribution in [1.29, 1.82) is 0 Å². The highest BCUT2D eigenvalue weighted by molar-refractivity contribution is 5.80. The second-order valence-corrected chi connectivity index (χ2v) is 7.50. The molecule has 0 saturated carbocycles. The molecule has 0 radical (unpaired) electrons. The van der Waals surface area contributed by atoms with Crippen molar-refractivity contribution < 1.29 is 9.53 Å². The number of piperidine rings is 1. The van der Waals surface area contributed by atoms with Gasteiger partial charge in [0.05, 0.1) is 13.0 Å². The molecule has 26 heavy (non-hydrogen) atoms. The molecule has 4 nitrogen and oxygen atoms in total. The summed E-state index contributed by atoms with van der Waals surface area (Å²) in [6, 6.07) is 17.2. The van der Waals surface area contributed by atoms with Crippen molar-refractivity contribution in [2.24, 2.45) is 5.92 Å². The quantitative estimate of drug-likeness (QED) is 0.847. The number of carbonyl (C=O) groups is 1. The molecule has 3 fully saturated rings. The van der Waals surface area contributed by atoms with E-state index < -0.39 is 0 Å². The molecule has 3 heterocycles. The minimum absolute atomic E-state index is 0.167. The number of ether oxygens (including phenoxy) is 1. The molecule has 3 aliphatic heterocycles. The Hall–Kier alpha value is -2.33. The van der Waals surface area contributed by atoms with Gasteiger partial charge in [-0.1, -0.05) is 30.3 Å². The summed E-state index contributed by atoms with van der Waals surface area (Å²) in [6.07, 6.45) is 2.17. The van der Waals surface area contributed by atoms with Crippen LogP contribution in [0.25, 0.3) is 11.1 Å². The summed E-state index contributed by atoms with van der Waals surface area (Å²) in [7, 11) is 3.66. The van der Waals surface area contributed by atoms with E-state index in [2.05, 4.69) is 41.3 Å². The first-order valence-electron chi connectivity index (χ1n) is 9.36. The van der Waals surface area contributed by atoms with Gasteiger partial charge >= 0.3 is 0 Å². The molecule has 0 unspecified atom stereocenters. The number of hydrogen-bond acceptors (Lipinski definition) is 3. The molecule has 2 aromatic rings. The third kappa shape index (κ3) is 3.34. The number of methoxy groups -OCH3 is 1. The molecule has 0 N–H and O–H groups in total. The maximum absolute atomic E-state index is 12.4. The minimum Gasteiger partial charge on any atom is -0.497 e. The molecule has 3 aliphatic rings. The second kappa shape index (κ2) is 7.12. The molecule has 0 spiro atoms. The van der Waals surface area contributed by atoms with Crippen LogP contribution in [0.5, 0.6) is 5.75 Å². The van der Waals surface area contributed by atoms with Crippen molar-refractivity contribution in [3.05, 3.63) is 54.1 Å². The van der Waals surface area contributed by atoms with Gasteiger partial charge in [-0.3, -0.25) is 9.69 Å². The van der Waals surface area contributed by atoms with Crippen LogP contribution in [-0.4, -0.2) is 49.0 Å². The largest absolute Gasteiger partial charge is 0.497 e. The molecular weight excluding hydrogens is 324 g/mol. The monoisotopic (exact) mass is 350 g/mol. The molecule has 4 heteroatoms. The van der Waals surface area contributed by atoms with Gasteiger partial charge in [0.2, 0.25) is 5.91 Å². The maximum Gasteiger partial charge on any atom is 0.227 e. The molecule has 5 rings (SSSR count). The van der Waals surface area contributed by atoms with Crippen LogP contribution >= 0.6 is 0 Å². The highest BCUT2D eigenvalue weighted by Gasteiger charge is 2.38. The van der Waals surface area contributed by atoms with E-state index in [1.165, 1.54) is 11.1 Å². The number of rotatable bonds is 4. The molecule has 136 valence electrons. The van der Waals surface area contributed by atoms with E-state index in [0.29, 0.717) is 11.9 Å². The average Bonchev–Trinajstić information content (AvgIpc) is 2.94. The van der Waals surface area contributed by atoms with E-state index in [1.807, 2.05) is 24.1 Å². The molecule has 2 aromatic carbocycles.